The molecule has 1 aromatic heterocycles. The molecule has 1 fully saturated rings. The van der Waals surface area contributed by atoms with Crippen LogP contribution in [0.1, 0.15) is 17.7 Å². The molecule has 1 N–H and O–H groups in total. The molecule has 0 radical (unpaired) electrons. The molecular formula is C21H30N4O3. The highest BCUT2D eigenvalue weighted by Crippen LogP contribution is 2.08. The molecule has 0 bridgehead atoms. The lowest BCUT2D eigenvalue weighted by Crippen LogP contribution is -2.48. The third-order valence-electron chi connectivity index (χ3n) is 4.87. The van der Waals surface area contributed by atoms with E-state index in [2.05, 4.69) is 44.5 Å². The summed E-state index contributed by atoms with van der Waals surface area (Å²) in [5.41, 5.74) is 1.32. The highest BCUT2D eigenvalue weighted by molar-refractivity contribution is 5.91. The van der Waals surface area contributed by atoms with Gasteiger partial charge in [0.25, 0.3) is 0 Å². The molecule has 0 atom stereocenters. The third kappa shape index (κ3) is 7.07. The Morgan fingerprint density at radius 2 is 1.89 bits per heavy atom. The number of ether oxygens (including phenoxy) is 1. The highest BCUT2D eigenvalue weighted by atomic mass is 16.5. The molecule has 7 heteroatoms. The number of carbonyl (C=O) groups excluding carboxylic acids is 1. The minimum Gasteiger partial charge on any atom is -0.381 e. The van der Waals surface area contributed by atoms with Gasteiger partial charge in [0.05, 0.1) is 13.2 Å². The number of hydrogen-bond donors (Lipinski definition) is 1. The Balaban J connectivity index is 1.22. The molecule has 1 saturated heterocycles. The fourth-order valence-corrected chi connectivity index (χ4v) is 3.31. The van der Waals surface area contributed by atoms with Gasteiger partial charge in [-0.3, -0.25) is 9.69 Å². The summed E-state index contributed by atoms with van der Waals surface area (Å²) in [7, 11) is 0. The number of carbonyl (C=O) groups is 1. The van der Waals surface area contributed by atoms with E-state index in [1.807, 2.05) is 6.07 Å². The van der Waals surface area contributed by atoms with Crippen LogP contribution in [0.15, 0.2) is 40.9 Å². The van der Waals surface area contributed by atoms with Gasteiger partial charge in [-0.05, 0) is 25.3 Å². The van der Waals surface area contributed by atoms with Crippen molar-refractivity contribution in [1.82, 2.24) is 15.0 Å². The molecule has 2 heterocycles. The summed E-state index contributed by atoms with van der Waals surface area (Å²) in [6, 6.07) is 12.2. The second-order valence-corrected chi connectivity index (χ2v) is 7.19. The predicted octanol–water partition coefficient (Wildman–Crippen LogP) is 2.19. The molecule has 0 unspecified atom stereocenters. The van der Waals surface area contributed by atoms with Crippen LogP contribution in [0.25, 0.3) is 0 Å². The van der Waals surface area contributed by atoms with Gasteiger partial charge in [-0.1, -0.05) is 35.5 Å². The van der Waals surface area contributed by atoms with E-state index in [0.29, 0.717) is 18.1 Å². The van der Waals surface area contributed by atoms with Gasteiger partial charge in [0.1, 0.15) is 5.76 Å². The second kappa shape index (κ2) is 10.9. The summed E-state index contributed by atoms with van der Waals surface area (Å²) in [6.07, 6.45) is 2.01. The van der Waals surface area contributed by atoms with E-state index >= 15 is 0 Å². The molecule has 152 valence electrons. The molecule has 2 aromatic rings. The van der Waals surface area contributed by atoms with Gasteiger partial charge in [0.15, 0.2) is 5.82 Å². The first-order valence-electron chi connectivity index (χ1n) is 9.98. The average molecular weight is 386 g/mol. The Bertz CT molecular complexity index is 711. The number of nitrogens with zero attached hydrogens (tertiary/aromatic N) is 3. The van der Waals surface area contributed by atoms with Gasteiger partial charge in [-0.25, -0.2) is 0 Å². The SMILES string of the molecule is Cc1cc(NC(=O)CN2CCN(CCCOCCc3ccccc3)CC2)no1. The van der Waals surface area contributed by atoms with Crippen LogP contribution in [-0.4, -0.2) is 73.3 Å². The number of piperazine rings is 1. The first-order valence-corrected chi connectivity index (χ1v) is 9.98. The topological polar surface area (TPSA) is 70.8 Å². The fourth-order valence-electron chi connectivity index (χ4n) is 3.31. The first kappa shape index (κ1) is 20.5. The van der Waals surface area contributed by atoms with Crippen molar-refractivity contribution in [2.24, 2.45) is 0 Å². The van der Waals surface area contributed by atoms with Crippen molar-refractivity contribution in [3.63, 3.8) is 0 Å². The predicted molar refractivity (Wildman–Crippen MR) is 108 cm³/mol. The number of benzene rings is 1. The van der Waals surface area contributed by atoms with Crippen LogP contribution < -0.4 is 5.32 Å². The minimum atomic E-state index is -0.0476. The zero-order chi connectivity index (χ0) is 19.6. The van der Waals surface area contributed by atoms with E-state index in [9.17, 15) is 4.79 Å². The van der Waals surface area contributed by atoms with Gasteiger partial charge in [0, 0.05) is 45.4 Å². The zero-order valence-corrected chi connectivity index (χ0v) is 16.6. The molecule has 0 saturated carbocycles. The van der Waals surface area contributed by atoms with E-state index in [0.717, 1.165) is 58.8 Å². The van der Waals surface area contributed by atoms with Crippen molar-refractivity contribution in [2.45, 2.75) is 19.8 Å². The lowest BCUT2D eigenvalue weighted by molar-refractivity contribution is -0.117. The van der Waals surface area contributed by atoms with Crippen molar-refractivity contribution < 1.29 is 14.1 Å². The van der Waals surface area contributed by atoms with Crippen LogP contribution in [0.2, 0.25) is 0 Å². The highest BCUT2D eigenvalue weighted by Gasteiger charge is 2.19. The van der Waals surface area contributed by atoms with Crippen molar-refractivity contribution in [1.29, 1.82) is 0 Å². The molecule has 1 amide bonds. The largest absolute Gasteiger partial charge is 0.381 e. The monoisotopic (exact) mass is 386 g/mol. The maximum Gasteiger partial charge on any atom is 0.239 e. The quantitative estimate of drug-likeness (QED) is 0.631. The Kier molecular flexibility index (Phi) is 8.02. The van der Waals surface area contributed by atoms with Crippen LogP contribution in [0.4, 0.5) is 5.82 Å². The summed E-state index contributed by atoms with van der Waals surface area (Å²) in [5.74, 6) is 1.12. The molecular weight excluding hydrogens is 356 g/mol. The smallest absolute Gasteiger partial charge is 0.239 e. The lowest BCUT2D eigenvalue weighted by atomic mass is 10.2. The van der Waals surface area contributed by atoms with Crippen LogP contribution in [0.3, 0.4) is 0 Å². The Morgan fingerprint density at radius 3 is 2.61 bits per heavy atom. The number of anilines is 1. The molecule has 0 spiro atoms. The van der Waals surface area contributed by atoms with Crippen molar-refractivity contribution >= 4 is 11.7 Å². The van der Waals surface area contributed by atoms with Gasteiger partial charge >= 0.3 is 0 Å². The van der Waals surface area contributed by atoms with Crippen molar-refractivity contribution in [3.05, 3.63) is 47.7 Å². The summed E-state index contributed by atoms with van der Waals surface area (Å²) in [6.45, 7) is 8.59. The number of aromatic nitrogens is 1. The number of aryl methyl sites for hydroxylation is 1. The molecule has 1 aliphatic heterocycles. The maximum absolute atomic E-state index is 12.1. The maximum atomic E-state index is 12.1. The molecule has 0 aliphatic carbocycles. The summed E-state index contributed by atoms with van der Waals surface area (Å²) in [4.78, 5) is 16.7. The van der Waals surface area contributed by atoms with Gasteiger partial charge in [-0.2, -0.15) is 0 Å². The Morgan fingerprint density at radius 1 is 1.14 bits per heavy atom. The standard InChI is InChI=1S/C21H30N4O3/c1-18-16-20(23-28-18)22-21(26)17-25-12-10-24(11-13-25)9-5-14-27-15-8-19-6-3-2-4-7-19/h2-4,6-7,16H,5,8-15,17H2,1H3,(H,22,23,26). The van der Waals surface area contributed by atoms with Gasteiger partial charge in [-0.15, -0.1) is 0 Å². The van der Waals surface area contributed by atoms with E-state index in [-0.39, 0.29) is 5.91 Å². The summed E-state index contributed by atoms with van der Waals surface area (Å²) in [5, 5.41) is 6.56. The van der Waals surface area contributed by atoms with E-state index < -0.39 is 0 Å². The normalized spacial score (nSPS) is 15.6. The number of hydrogen-bond acceptors (Lipinski definition) is 6. The van der Waals surface area contributed by atoms with Crippen LogP contribution in [0.5, 0.6) is 0 Å². The van der Waals surface area contributed by atoms with Crippen molar-refractivity contribution in [3.8, 4) is 0 Å². The lowest BCUT2D eigenvalue weighted by Gasteiger charge is -2.34. The number of amides is 1. The van der Waals surface area contributed by atoms with Crippen LogP contribution in [0, 0.1) is 6.92 Å². The molecule has 7 nitrogen and oxygen atoms in total. The zero-order valence-electron chi connectivity index (χ0n) is 16.6. The molecule has 1 aromatic carbocycles. The van der Waals surface area contributed by atoms with Crippen LogP contribution in [-0.2, 0) is 16.0 Å². The summed E-state index contributed by atoms with van der Waals surface area (Å²) >= 11 is 0. The molecule has 28 heavy (non-hydrogen) atoms. The molecule has 3 rings (SSSR count). The Hall–Kier alpha value is -2.22. The second-order valence-electron chi connectivity index (χ2n) is 7.19. The third-order valence-corrected chi connectivity index (χ3v) is 4.87. The van der Waals surface area contributed by atoms with E-state index in [1.165, 1.54) is 5.56 Å². The van der Waals surface area contributed by atoms with Gasteiger partial charge in [0.2, 0.25) is 5.91 Å². The number of nitrogens with one attached hydrogen (secondary N) is 1. The van der Waals surface area contributed by atoms with Gasteiger partial charge < -0.3 is 19.5 Å². The number of rotatable bonds is 10. The van der Waals surface area contributed by atoms with E-state index in [1.54, 1.807) is 13.0 Å². The average Bonchev–Trinajstić information content (AvgIpc) is 3.11. The Labute approximate surface area is 166 Å². The minimum absolute atomic E-state index is 0.0476. The fraction of sp³-hybridized carbons (Fsp3) is 0.524. The van der Waals surface area contributed by atoms with Crippen LogP contribution >= 0.6 is 0 Å². The van der Waals surface area contributed by atoms with E-state index in [4.69, 9.17) is 9.26 Å². The molecule has 1 aliphatic rings. The summed E-state index contributed by atoms with van der Waals surface area (Å²) < 4.78 is 10.7. The first-order chi connectivity index (χ1) is 13.7. The van der Waals surface area contributed by atoms with Crippen molar-refractivity contribution in [2.75, 3.05) is 57.8 Å².